The molecule has 1 amide bonds. The highest BCUT2D eigenvalue weighted by Gasteiger charge is 2.17. The summed E-state index contributed by atoms with van der Waals surface area (Å²) >= 11 is 7.30. The third kappa shape index (κ3) is 4.69. The lowest BCUT2D eigenvalue weighted by molar-refractivity contribution is -0.113. The largest absolute Gasteiger partial charge is 0.325 e. The molecule has 1 N–H and O–H groups in total. The highest BCUT2D eigenvalue weighted by molar-refractivity contribution is 7.99. The standard InChI is InChI=1S/C22H16ClFN4OS/c23-16-6-12-19(13-7-16)28-21(15-4-2-1-3-5-15)26-27-22(28)30-14-20(29)25-18-10-8-17(24)9-11-18/h1-13H,14H2,(H,25,29). The van der Waals surface area contributed by atoms with E-state index in [0.29, 0.717) is 21.7 Å². The van der Waals surface area contributed by atoms with E-state index in [0.717, 1.165) is 11.3 Å². The number of amides is 1. The maximum Gasteiger partial charge on any atom is 0.234 e. The van der Waals surface area contributed by atoms with E-state index in [1.54, 1.807) is 12.1 Å². The van der Waals surface area contributed by atoms with Gasteiger partial charge in [0, 0.05) is 22.0 Å². The molecule has 0 aliphatic heterocycles. The molecule has 0 unspecified atom stereocenters. The minimum absolute atomic E-state index is 0.123. The van der Waals surface area contributed by atoms with Gasteiger partial charge in [-0.15, -0.1) is 10.2 Å². The number of carbonyl (C=O) groups is 1. The number of benzene rings is 3. The van der Waals surface area contributed by atoms with Crippen LogP contribution in [0.25, 0.3) is 17.1 Å². The predicted octanol–water partition coefficient (Wildman–Crippen LogP) is 5.46. The fourth-order valence-electron chi connectivity index (χ4n) is 2.82. The van der Waals surface area contributed by atoms with E-state index in [2.05, 4.69) is 15.5 Å². The average molecular weight is 439 g/mol. The number of nitrogens with zero attached hydrogens (tertiary/aromatic N) is 3. The van der Waals surface area contributed by atoms with Crippen LogP contribution in [-0.4, -0.2) is 26.4 Å². The van der Waals surface area contributed by atoms with Crippen molar-refractivity contribution in [3.05, 3.63) is 89.7 Å². The SMILES string of the molecule is O=C(CSc1nnc(-c2ccccc2)n1-c1ccc(Cl)cc1)Nc1ccc(F)cc1. The molecular formula is C22H16ClFN4OS. The Morgan fingerprint density at radius 2 is 1.67 bits per heavy atom. The van der Waals surface area contributed by atoms with Crippen LogP contribution in [0, 0.1) is 5.82 Å². The van der Waals surface area contributed by atoms with Crippen LogP contribution < -0.4 is 5.32 Å². The zero-order chi connectivity index (χ0) is 20.9. The van der Waals surface area contributed by atoms with Gasteiger partial charge in [-0.1, -0.05) is 53.7 Å². The summed E-state index contributed by atoms with van der Waals surface area (Å²) in [6.45, 7) is 0. The molecule has 8 heteroatoms. The second-order valence-corrected chi connectivity index (χ2v) is 7.71. The van der Waals surface area contributed by atoms with Crippen LogP contribution in [0.5, 0.6) is 0 Å². The summed E-state index contributed by atoms with van der Waals surface area (Å²) in [5.74, 6) is 0.211. The van der Waals surface area contributed by atoms with Crippen LogP contribution in [0.15, 0.2) is 84.0 Å². The Kier molecular flexibility index (Phi) is 6.11. The molecule has 0 radical (unpaired) electrons. The molecule has 0 bridgehead atoms. The van der Waals surface area contributed by atoms with Crippen LogP contribution in [0.2, 0.25) is 5.02 Å². The van der Waals surface area contributed by atoms with Crippen molar-refractivity contribution in [3.63, 3.8) is 0 Å². The number of halogens is 2. The van der Waals surface area contributed by atoms with E-state index in [-0.39, 0.29) is 17.5 Å². The number of aromatic nitrogens is 3. The first-order chi connectivity index (χ1) is 14.6. The number of hydrogen-bond acceptors (Lipinski definition) is 4. The number of anilines is 1. The van der Waals surface area contributed by atoms with Crippen LogP contribution in [0.4, 0.5) is 10.1 Å². The number of carbonyl (C=O) groups excluding carboxylic acids is 1. The Labute approximate surface area is 181 Å². The zero-order valence-corrected chi connectivity index (χ0v) is 17.2. The second-order valence-electron chi connectivity index (χ2n) is 6.33. The van der Waals surface area contributed by atoms with Crippen molar-refractivity contribution in [2.24, 2.45) is 0 Å². The smallest absolute Gasteiger partial charge is 0.234 e. The molecule has 0 saturated carbocycles. The normalized spacial score (nSPS) is 10.7. The average Bonchev–Trinajstić information content (AvgIpc) is 3.19. The van der Waals surface area contributed by atoms with Gasteiger partial charge in [-0.25, -0.2) is 4.39 Å². The van der Waals surface area contributed by atoms with Crippen LogP contribution in [0.3, 0.4) is 0 Å². The van der Waals surface area contributed by atoms with E-state index in [4.69, 9.17) is 11.6 Å². The van der Waals surface area contributed by atoms with E-state index >= 15 is 0 Å². The first-order valence-electron chi connectivity index (χ1n) is 9.05. The van der Waals surface area contributed by atoms with E-state index in [1.807, 2.05) is 47.0 Å². The molecule has 4 aromatic rings. The topological polar surface area (TPSA) is 59.8 Å². The molecule has 0 spiro atoms. The second kappa shape index (κ2) is 9.11. The van der Waals surface area contributed by atoms with Gasteiger partial charge in [0.1, 0.15) is 5.82 Å². The molecule has 3 aromatic carbocycles. The van der Waals surface area contributed by atoms with Crippen molar-refractivity contribution in [2.75, 3.05) is 11.1 Å². The van der Waals surface area contributed by atoms with Gasteiger partial charge in [0.15, 0.2) is 11.0 Å². The summed E-state index contributed by atoms with van der Waals surface area (Å²) in [5.41, 5.74) is 2.28. The lowest BCUT2D eigenvalue weighted by Gasteiger charge is -2.11. The van der Waals surface area contributed by atoms with Gasteiger partial charge in [-0.3, -0.25) is 9.36 Å². The van der Waals surface area contributed by atoms with E-state index in [9.17, 15) is 9.18 Å². The molecule has 30 heavy (non-hydrogen) atoms. The predicted molar refractivity (Wildman–Crippen MR) is 118 cm³/mol. The van der Waals surface area contributed by atoms with Gasteiger partial charge < -0.3 is 5.32 Å². The third-order valence-electron chi connectivity index (χ3n) is 4.21. The first kappa shape index (κ1) is 20.1. The van der Waals surface area contributed by atoms with E-state index in [1.165, 1.54) is 36.0 Å². The van der Waals surface area contributed by atoms with Crippen molar-refractivity contribution < 1.29 is 9.18 Å². The Morgan fingerprint density at radius 1 is 0.967 bits per heavy atom. The van der Waals surface area contributed by atoms with Crippen molar-refractivity contribution >= 4 is 35.0 Å². The fourth-order valence-corrected chi connectivity index (χ4v) is 3.70. The zero-order valence-electron chi connectivity index (χ0n) is 15.6. The van der Waals surface area contributed by atoms with Crippen LogP contribution >= 0.6 is 23.4 Å². The summed E-state index contributed by atoms with van der Waals surface area (Å²) in [5, 5.41) is 12.6. The highest BCUT2D eigenvalue weighted by Crippen LogP contribution is 2.28. The van der Waals surface area contributed by atoms with Gasteiger partial charge in [-0.05, 0) is 48.5 Å². The Bertz CT molecular complexity index is 1150. The van der Waals surface area contributed by atoms with Crippen LogP contribution in [-0.2, 0) is 4.79 Å². The summed E-state index contributed by atoms with van der Waals surface area (Å²) < 4.78 is 14.9. The molecular weight excluding hydrogens is 423 g/mol. The quantitative estimate of drug-likeness (QED) is 0.406. The molecule has 0 atom stereocenters. The van der Waals surface area contributed by atoms with Gasteiger partial charge in [0.05, 0.1) is 5.75 Å². The van der Waals surface area contributed by atoms with Crippen molar-refractivity contribution in [2.45, 2.75) is 5.16 Å². The number of nitrogens with one attached hydrogen (secondary N) is 1. The number of thioether (sulfide) groups is 1. The molecule has 5 nitrogen and oxygen atoms in total. The monoisotopic (exact) mass is 438 g/mol. The van der Waals surface area contributed by atoms with Crippen molar-refractivity contribution in [1.82, 2.24) is 14.8 Å². The molecule has 1 aromatic heterocycles. The summed E-state index contributed by atoms with van der Waals surface area (Å²) in [7, 11) is 0. The lowest BCUT2D eigenvalue weighted by atomic mass is 10.2. The lowest BCUT2D eigenvalue weighted by Crippen LogP contribution is -2.14. The third-order valence-corrected chi connectivity index (χ3v) is 5.39. The minimum atomic E-state index is -0.355. The van der Waals surface area contributed by atoms with Crippen molar-refractivity contribution in [3.8, 4) is 17.1 Å². The minimum Gasteiger partial charge on any atom is -0.325 e. The summed E-state index contributed by atoms with van der Waals surface area (Å²) in [4.78, 5) is 12.3. The van der Waals surface area contributed by atoms with Gasteiger partial charge in [0.2, 0.25) is 5.91 Å². The highest BCUT2D eigenvalue weighted by atomic mass is 35.5. The molecule has 0 fully saturated rings. The van der Waals surface area contributed by atoms with Gasteiger partial charge in [-0.2, -0.15) is 0 Å². The van der Waals surface area contributed by atoms with Gasteiger partial charge in [0.25, 0.3) is 0 Å². The maximum atomic E-state index is 13.0. The Morgan fingerprint density at radius 3 is 2.37 bits per heavy atom. The Hall–Kier alpha value is -3.16. The fraction of sp³-hybridized carbons (Fsp3) is 0.0455. The molecule has 4 rings (SSSR count). The summed E-state index contributed by atoms with van der Waals surface area (Å²) in [6, 6.07) is 22.7. The molecule has 1 heterocycles. The maximum absolute atomic E-state index is 13.0. The first-order valence-corrected chi connectivity index (χ1v) is 10.4. The number of hydrogen-bond donors (Lipinski definition) is 1. The van der Waals surface area contributed by atoms with Gasteiger partial charge >= 0.3 is 0 Å². The molecule has 0 aliphatic carbocycles. The molecule has 150 valence electrons. The Balaban J connectivity index is 1.58. The van der Waals surface area contributed by atoms with Crippen molar-refractivity contribution in [1.29, 1.82) is 0 Å². The summed E-state index contributed by atoms with van der Waals surface area (Å²) in [6.07, 6.45) is 0. The molecule has 0 aliphatic rings. The van der Waals surface area contributed by atoms with E-state index < -0.39 is 0 Å². The van der Waals surface area contributed by atoms with Crippen LogP contribution in [0.1, 0.15) is 0 Å². The number of rotatable bonds is 6. The molecule has 0 saturated heterocycles.